The van der Waals surface area contributed by atoms with Crippen molar-refractivity contribution in [2.24, 2.45) is 0 Å². The summed E-state index contributed by atoms with van der Waals surface area (Å²) in [6.07, 6.45) is 6.31. The molecule has 3 rings (SSSR count). The van der Waals surface area contributed by atoms with Gasteiger partial charge in [-0.2, -0.15) is 4.98 Å². The Labute approximate surface area is 102 Å². The molecule has 1 N–H and O–H groups in total. The van der Waals surface area contributed by atoms with Gasteiger partial charge in [-0.25, -0.2) is 0 Å². The average Bonchev–Trinajstić information content (AvgIpc) is 2.89. The topological polar surface area (TPSA) is 54.2 Å². The molecule has 2 atom stereocenters. The standard InChI is InChI=1S/C12H20N4O/c1-9-6-10(7-16(9)11-2-3-11)13-5-4-12-14-8-17-15-12/h8-11,13H,2-7H2,1H3. The summed E-state index contributed by atoms with van der Waals surface area (Å²) in [6, 6.07) is 2.26. The fourth-order valence-corrected chi connectivity index (χ4v) is 2.81. The van der Waals surface area contributed by atoms with E-state index in [-0.39, 0.29) is 0 Å². The van der Waals surface area contributed by atoms with Crippen LogP contribution in [0.1, 0.15) is 32.0 Å². The van der Waals surface area contributed by atoms with Crippen LogP contribution in [-0.2, 0) is 6.42 Å². The van der Waals surface area contributed by atoms with E-state index in [1.807, 2.05) is 0 Å². The zero-order valence-electron chi connectivity index (χ0n) is 10.3. The van der Waals surface area contributed by atoms with Crippen molar-refractivity contribution in [2.45, 2.75) is 50.7 Å². The molecule has 1 aliphatic heterocycles. The van der Waals surface area contributed by atoms with Gasteiger partial charge in [-0.15, -0.1) is 0 Å². The van der Waals surface area contributed by atoms with Crippen LogP contribution >= 0.6 is 0 Å². The van der Waals surface area contributed by atoms with Gasteiger partial charge >= 0.3 is 0 Å². The van der Waals surface area contributed by atoms with Crippen molar-refractivity contribution in [2.75, 3.05) is 13.1 Å². The number of hydrogen-bond acceptors (Lipinski definition) is 5. The second kappa shape index (κ2) is 4.74. The lowest BCUT2D eigenvalue weighted by Gasteiger charge is -2.19. The van der Waals surface area contributed by atoms with Crippen molar-refractivity contribution in [3.05, 3.63) is 12.2 Å². The smallest absolute Gasteiger partial charge is 0.213 e. The van der Waals surface area contributed by atoms with Crippen LogP contribution in [-0.4, -0.2) is 46.3 Å². The summed E-state index contributed by atoms with van der Waals surface area (Å²) < 4.78 is 4.71. The molecule has 1 saturated carbocycles. The highest BCUT2D eigenvalue weighted by Gasteiger charge is 2.38. The van der Waals surface area contributed by atoms with Gasteiger partial charge in [0.1, 0.15) is 0 Å². The molecule has 1 saturated heterocycles. The first-order valence-electron chi connectivity index (χ1n) is 6.57. The minimum absolute atomic E-state index is 0.637. The molecule has 1 aliphatic carbocycles. The predicted molar refractivity (Wildman–Crippen MR) is 63.6 cm³/mol. The van der Waals surface area contributed by atoms with Crippen molar-refractivity contribution in [1.29, 1.82) is 0 Å². The Hall–Kier alpha value is -0.940. The van der Waals surface area contributed by atoms with E-state index in [1.165, 1.54) is 32.2 Å². The van der Waals surface area contributed by atoms with Crippen LogP contribution in [0, 0.1) is 0 Å². The maximum Gasteiger partial charge on any atom is 0.213 e. The fraction of sp³-hybridized carbons (Fsp3) is 0.833. The zero-order chi connectivity index (χ0) is 11.7. The molecule has 2 unspecified atom stereocenters. The largest absolute Gasteiger partial charge is 0.343 e. The molecular weight excluding hydrogens is 216 g/mol. The molecule has 0 radical (unpaired) electrons. The molecule has 1 aromatic heterocycles. The summed E-state index contributed by atoms with van der Waals surface area (Å²) >= 11 is 0. The monoisotopic (exact) mass is 236 g/mol. The molecule has 0 aromatic carbocycles. The van der Waals surface area contributed by atoms with E-state index in [1.54, 1.807) is 0 Å². The maximum atomic E-state index is 4.71. The summed E-state index contributed by atoms with van der Waals surface area (Å²) in [7, 11) is 0. The Morgan fingerprint density at radius 1 is 1.53 bits per heavy atom. The lowest BCUT2D eigenvalue weighted by Crippen LogP contribution is -2.35. The van der Waals surface area contributed by atoms with Crippen molar-refractivity contribution >= 4 is 0 Å². The van der Waals surface area contributed by atoms with Gasteiger partial charge in [0.05, 0.1) is 0 Å². The number of likely N-dealkylation sites (tertiary alicyclic amines) is 1. The minimum atomic E-state index is 0.637. The first kappa shape index (κ1) is 11.2. The molecule has 2 aliphatic rings. The number of hydrogen-bond donors (Lipinski definition) is 1. The Kier molecular flexibility index (Phi) is 3.11. The molecular formula is C12H20N4O. The summed E-state index contributed by atoms with van der Waals surface area (Å²) in [5.74, 6) is 0.794. The van der Waals surface area contributed by atoms with Crippen molar-refractivity contribution < 1.29 is 4.52 Å². The van der Waals surface area contributed by atoms with E-state index in [0.29, 0.717) is 6.04 Å². The van der Waals surface area contributed by atoms with E-state index in [9.17, 15) is 0 Å². The third-order valence-corrected chi connectivity index (χ3v) is 3.83. The van der Waals surface area contributed by atoms with Crippen LogP contribution in [0.4, 0.5) is 0 Å². The quantitative estimate of drug-likeness (QED) is 0.820. The number of nitrogens with one attached hydrogen (secondary N) is 1. The van der Waals surface area contributed by atoms with Crippen LogP contribution in [0.25, 0.3) is 0 Å². The van der Waals surface area contributed by atoms with E-state index in [0.717, 1.165) is 30.9 Å². The summed E-state index contributed by atoms with van der Waals surface area (Å²) in [5.41, 5.74) is 0. The van der Waals surface area contributed by atoms with Gasteiger partial charge in [0.15, 0.2) is 5.82 Å². The van der Waals surface area contributed by atoms with Crippen LogP contribution in [0.2, 0.25) is 0 Å². The van der Waals surface area contributed by atoms with E-state index in [2.05, 4.69) is 27.3 Å². The predicted octanol–water partition coefficient (Wildman–Crippen LogP) is 0.827. The van der Waals surface area contributed by atoms with E-state index in [4.69, 9.17) is 4.52 Å². The van der Waals surface area contributed by atoms with E-state index >= 15 is 0 Å². The molecule has 0 amide bonds. The molecule has 0 bridgehead atoms. The van der Waals surface area contributed by atoms with Crippen LogP contribution in [0.5, 0.6) is 0 Å². The Morgan fingerprint density at radius 2 is 2.41 bits per heavy atom. The molecule has 2 heterocycles. The van der Waals surface area contributed by atoms with E-state index < -0.39 is 0 Å². The second-order valence-corrected chi connectivity index (χ2v) is 5.26. The summed E-state index contributed by atoms with van der Waals surface area (Å²) in [4.78, 5) is 6.68. The third-order valence-electron chi connectivity index (χ3n) is 3.83. The Morgan fingerprint density at radius 3 is 3.12 bits per heavy atom. The van der Waals surface area contributed by atoms with Gasteiger partial charge in [0.25, 0.3) is 0 Å². The first-order chi connectivity index (χ1) is 8.33. The molecule has 5 nitrogen and oxygen atoms in total. The third kappa shape index (κ3) is 2.66. The highest BCUT2D eigenvalue weighted by atomic mass is 16.5. The molecule has 17 heavy (non-hydrogen) atoms. The fourth-order valence-electron chi connectivity index (χ4n) is 2.81. The van der Waals surface area contributed by atoms with Gasteiger partial charge in [-0.1, -0.05) is 5.16 Å². The van der Waals surface area contributed by atoms with Crippen LogP contribution in [0.15, 0.2) is 10.9 Å². The SMILES string of the molecule is CC1CC(NCCc2ncon2)CN1C1CC1. The van der Waals surface area contributed by atoms with Gasteiger partial charge < -0.3 is 9.84 Å². The minimum Gasteiger partial charge on any atom is -0.343 e. The molecule has 1 aromatic rings. The second-order valence-electron chi connectivity index (χ2n) is 5.26. The Bertz CT molecular complexity index is 349. The van der Waals surface area contributed by atoms with Crippen molar-refractivity contribution in [1.82, 2.24) is 20.4 Å². The molecule has 2 fully saturated rings. The van der Waals surface area contributed by atoms with Crippen LogP contribution in [0.3, 0.4) is 0 Å². The lowest BCUT2D eigenvalue weighted by molar-refractivity contribution is 0.255. The van der Waals surface area contributed by atoms with Gasteiger partial charge in [-0.05, 0) is 26.2 Å². The van der Waals surface area contributed by atoms with Crippen molar-refractivity contribution in [3.63, 3.8) is 0 Å². The van der Waals surface area contributed by atoms with Crippen LogP contribution < -0.4 is 5.32 Å². The zero-order valence-corrected chi connectivity index (χ0v) is 10.3. The molecule has 0 spiro atoms. The van der Waals surface area contributed by atoms with Gasteiger partial charge in [0.2, 0.25) is 6.39 Å². The summed E-state index contributed by atoms with van der Waals surface area (Å²) in [6.45, 7) is 4.49. The highest BCUT2D eigenvalue weighted by Crippen LogP contribution is 2.33. The first-order valence-corrected chi connectivity index (χ1v) is 6.57. The highest BCUT2D eigenvalue weighted by molar-refractivity contribution is 4.96. The number of rotatable bonds is 5. The average molecular weight is 236 g/mol. The van der Waals surface area contributed by atoms with Crippen molar-refractivity contribution in [3.8, 4) is 0 Å². The van der Waals surface area contributed by atoms with Gasteiger partial charge in [0, 0.05) is 37.6 Å². The maximum absolute atomic E-state index is 4.71. The normalized spacial score (nSPS) is 29.9. The Balaban J connectivity index is 1.41. The van der Waals surface area contributed by atoms with Gasteiger partial charge in [-0.3, -0.25) is 4.90 Å². The number of aromatic nitrogens is 2. The molecule has 5 heteroatoms. The number of nitrogens with zero attached hydrogens (tertiary/aromatic N) is 3. The lowest BCUT2D eigenvalue weighted by atomic mass is 10.2. The summed E-state index contributed by atoms with van der Waals surface area (Å²) in [5, 5.41) is 7.41. The molecule has 94 valence electrons.